The maximum Gasteiger partial charge on any atom is 0.330 e. The lowest BCUT2D eigenvalue weighted by molar-refractivity contribution is -0.722. The molecule has 3 atom stereocenters. The summed E-state index contributed by atoms with van der Waals surface area (Å²) in [6.45, 7) is 0.453. The van der Waals surface area contributed by atoms with E-state index < -0.39 is 35.2 Å². The van der Waals surface area contributed by atoms with Gasteiger partial charge in [-0.05, 0) is 0 Å². The molecule has 1 aliphatic rings. The maximum absolute atomic E-state index is 12.3. The summed E-state index contributed by atoms with van der Waals surface area (Å²) < 4.78 is 7.47. The Hall–Kier alpha value is -3.78. The summed E-state index contributed by atoms with van der Waals surface area (Å²) >= 11 is 0. The summed E-state index contributed by atoms with van der Waals surface area (Å²) in [7, 11) is 0. The van der Waals surface area contributed by atoms with E-state index in [9.17, 15) is 14.7 Å². The van der Waals surface area contributed by atoms with Crippen molar-refractivity contribution in [1.82, 2.24) is 9.55 Å². The number of nitrogens with zero attached hydrogens (tertiary/aromatic N) is 1. The fraction of sp³-hybridized carbons (Fsp3) is 0.214. The molecule has 1 aliphatic heterocycles. The first kappa shape index (κ1) is 23.0. The van der Waals surface area contributed by atoms with Crippen molar-refractivity contribution in [2.24, 2.45) is 0 Å². The molecule has 0 aliphatic carbocycles. The Morgan fingerprint density at radius 1 is 0.857 bits per heavy atom. The SMILES string of the molecule is O=c1ccn([C@H]2C[C@H](O)[C@@H](C[NH2+]C(c3ccccc3)(c3ccccc3)c3ccccc3)O2)c(=O)[nH]1. The quantitative estimate of drug-likeness (QED) is 0.358. The van der Waals surface area contributed by atoms with Crippen LogP contribution in [0.15, 0.2) is 113 Å². The average Bonchev–Trinajstić information content (AvgIpc) is 3.26. The van der Waals surface area contributed by atoms with E-state index >= 15 is 0 Å². The molecule has 0 amide bonds. The summed E-state index contributed by atoms with van der Waals surface area (Å²) in [5, 5.41) is 13.0. The van der Waals surface area contributed by atoms with Crippen LogP contribution >= 0.6 is 0 Å². The molecule has 178 valence electrons. The highest BCUT2D eigenvalue weighted by Gasteiger charge is 2.43. The van der Waals surface area contributed by atoms with Crippen LogP contribution in [0.1, 0.15) is 29.3 Å². The van der Waals surface area contributed by atoms with Gasteiger partial charge in [0.25, 0.3) is 5.56 Å². The topological polar surface area (TPSA) is 101 Å². The predicted octanol–water partition coefficient (Wildman–Crippen LogP) is 1.74. The van der Waals surface area contributed by atoms with Crippen LogP contribution in [-0.2, 0) is 10.3 Å². The third kappa shape index (κ3) is 4.49. The number of nitrogens with two attached hydrogens (primary N) is 1. The van der Waals surface area contributed by atoms with Gasteiger partial charge in [-0.15, -0.1) is 0 Å². The molecule has 5 rings (SSSR count). The van der Waals surface area contributed by atoms with Crippen molar-refractivity contribution in [2.45, 2.75) is 30.4 Å². The second-order valence-corrected chi connectivity index (χ2v) is 8.80. The predicted molar refractivity (Wildman–Crippen MR) is 132 cm³/mol. The number of aromatic amines is 1. The minimum absolute atomic E-state index is 0.263. The number of nitrogens with one attached hydrogen (secondary N) is 1. The van der Waals surface area contributed by atoms with E-state index in [1.54, 1.807) is 0 Å². The monoisotopic (exact) mass is 470 g/mol. The lowest BCUT2D eigenvalue weighted by Gasteiger charge is -2.34. The van der Waals surface area contributed by atoms with E-state index in [1.807, 2.05) is 54.6 Å². The van der Waals surface area contributed by atoms with Crippen molar-refractivity contribution >= 4 is 0 Å². The Labute approximate surface area is 202 Å². The van der Waals surface area contributed by atoms with Gasteiger partial charge in [0.1, 0.15) is 18.9 Å². The number of ether oxygens (including phenoxy) is 1. The Morgan fingerprint density at radius 2 is 1.37 bits per heavy atom. The van der Waals surface area contributed by atoms with Gasteiger partial charge in [0.05, 0.1) is 6.10 Å². The van der Waals surface area contributed by atoms with Gasteiger partial charge in [0.2, 0.25) is 0 Å². The van der Waals surface area contributed by atoms with Crippen LogP contribution in [0.2, 0.25) is 0 Å². The van der Waals surface area contributed by atoms with Gasteiger partial charge >= 0.3 is 5.69 Å². The molecular formula is C28H28N3O4+. The highest BCUT2D eigenvalue weighted by Crippen LogP contribution is 2.33. The largest absolute Gasteiger partial charge is 0.390 e. The van der Waals surface area contributed by atoms with E-state index in [-0.39, 0.29) is 6.42 Å². The van der Waals surface area contributed by atoms with E-state index in [0.29, 0.717) is 6.54 Å². The van der Waals surface area contributed by atoms with Crippen LogP contribution in [0.25, 0.3) is 0 Å². The van der Waals surface area contributed by atoms with E-state index in [2.05, 4.69) is 46.7 Å². The second kappa shape index (κ2) is 9.84. The standard InChI is InChI=1S/C28H27N3O4/c32-23-18-26(31-17-16-25(33)30-27(31)34)35-24(23)19-29-28(20-10-4-1-5-11-20,21-12-6-2-7-13-21)22-14-8-3-9-15-22/h1-17,23-24,26,29,32H,18-19H2,(H,30,33,34)/p+1/t23-,24+,26+/m0/s1. The molecule has 7 nitrogen and oxygen atoms in total. The summed E-state index contributed by atoms with van der Waals surface area (Å²) in [6.07, 6.45) is -0.233. The fourth-order valence-corrected chi connectivity index (χ4v) is 5.00. The van der Waals surface area contributed by atoms with Crippen molar-refractivity contribution < 1.29 is 15.2 Å². The van der Waals surface area contributed by atoms with Crippen LogP contribution in [0.3, 0.4) is 0 Å². The van der Waals surface area contributed by atoms with Gasteiger partial charge in [-0.1, -0.05) is 91.0 Å². The first-order valence-corrected chi connectivity index (χ1v) is 11.7. The molecule has 2 heterocycles. The Kier molecular flexibility index (Phi) is 6.46. The Morgan fingerprint density at radius 3 is 1.86 bits per heavy atom. The number of hydrogen-bond donors (Lipinski definition) is 3. The van der Waals surface area contributed by atoms with Gasteiger partial charge in [0, 0.05) is 35.4 Å². The van der Waals surface area contributed by atoms with Gasteiger partial charge in [-0.3, -0.25) is 14.3 Å². The lowest BCUT2D eigenvalue weighted by Crippen LogP contribution is -2.97. The zero-order valence-corrected chi connectivity index (χ0v) is 19.2. The number of aromatic nitrogens is 2. The van der Waals surface area contributed by atoms with Crippen LogP contribution < -0.4 is 16.6 Å². The molecule has 4 N–H and O–H groups in total. The molecule has 0 spiro atoms. The first-order chi connectivity index (χ1) is 17.1. The zero-order valence-electron chi connectivity index (χ0n) is 19.2. The van der Waals surface area contributed by atoms with Crippen LogP contribution in [-0.4, -0.2) is 33.4 Å². The summed E-state index contributed by atoms with van der Waals surface area (Å²) in [4.78, 5) is 25.9. The molecule has 0 radical (unpaired) electrons. The number of rotatable bonds is 7. The van der Waals surface area contributed by atoms with Crippen LogP contribution in [0, 0.1) is 0 Å². The molecule has 1 saturated heterocycles. The van der Waals surface area contributed by atoms with Gasteiger partial charge in [-0.25, -0.2) is 4.79 Å². The molecule has 3 aromatic carbocycles. The molecule has 1 aromatic heterocycles. The smallest absolute Gasteiger partial charge is 0.330 e. The third-order valence-corrected chi connectivity index (χ3v) is 6.71. The number of quaternary nitrogens is 1. The van der Waals surface area contributed by atoms with E-state index in [4.69, 9.17) is 4.74 Å². The third-order valence-electron chi connectivity index (χ3n) is 6.71. The number of benzene rings is 3. The summed E-state index contributed by atoms with van der Waals surface area (Å²) in [5.41, 5.74) is 1.74. The fourth-order valence-electron chi connectivity index (χ4n) is 5.00. The van der Waals surface area contributed by atoms with Gasteiger partial charge < -0.3 is 15.2 Å². The van der Waals surface area contributed by atoms with E-state index in [0.717, 1.165) is 16.7 Å². The normalized spacial score (nSPS) is 20.1. The number of aliphatic hydroxyl groups excluding tert-OH is 1. The highest BCUT2D eigenvalue weighted by atomic mass is 16.5. The van der Waals surface area contributed by atoms with Crippen molar-refractivity contribution in [3.63, 3.8) is 0 Å². The number of hydrogen-bond acceptors (Lipinski definition) is 4. The van der Waals surface area contributed by atoms with E-state index in [1.165, 1.54) is 16.8 Å². The molecule has 4 aromatic rings. The van der Waals surface area contributed by atoms with Gasteiger partial charge in [-0.2, -0.15) is 0 Å². The molecule has 0 bridgehead atoms. The molecule has 0 saturated carbocycles. The van der Waals surface area contributed by atoms with Crippen molar-refractivity contribution in [1.29, 1.82) is 0 Å². The minimum Gasteiger partial charge on any atom is -0.390 e. The Bertz CT molecular complexity index is 1270. The maximum atomic E-state index is 12.3. The van der Waals surface area contributed by atoms with Crippen LogP contribution in [0.5, 0.6) is 0 Å². The Balaban J connectivity index is 1.50. The number of aliphatic hydroxyl groups is 1. The van der Waals surface area contributed by atoms with Crippen molar-refractivity contribution in [3.8, 4) is 0 Å². The first-order valence-electron chi connectivity index (χ1n) is 11.7. The number of H-pyrrole nitrogens is 1. The highest BCUT2D eigenvalue weighted by molar-refractivity contribution is 5.46. The average molecular weight is 471 g/mol. The molecular weight excluding hydrogens is 442 g/mol. The van der Waals surface area contributed by atoms with Gasteiger partial charge in [0.15, 0.2) is 5.54 Å². The minimum atomic E-state index is -0.755. The lowest BCUT2D eigenvalue weighted by atomic mass is 9.77. The molecule has 7 heteroatoms. The molecule has 35 heavy (non-hydrogen) atoms. The van der Waals surface area contributed by atoms with Crippen molar-refractivity contribution in [3.05, 3.63) is 141 Å². The molecule has 1 fully saturated rings. The van der Waals surface area contributed by atoms with Crippen molar-refractivity contribution in [2.75, 3.05) is 6.54 Å². The van der Waals surface area contributed by atoms with Crippen LogP contribution in [0.4, 0.5) is 0 Å². The molecule has 0 unspecified atom stereocenters. The zero-order chi connectivity index (χ0) is 24.3. The summed E-state index contributed by atoms with van der Waals surface area (Å²) in [5.74, 6) is 0. The second-order valence-electron chi connectivity index (χ2n) is 8.80. The summed E-state index contributed by atoms with van der Waals surface area (Å²) in [6, 6.07) is 32.2.